The Morgan fingerprint density at radius 3 is 2.47 bits per heavy atom. The van der Waals surface area contributed by atoms with E-state index in [2.05, 4.69) is 10.1 Å². The molecule has 4 rings (SSSR count). The summed E-state index contributed by atoms with van der Waals surface area (Å²) in [5.74, 6) is 0.233. The number of H-pyrrole nitrogens is 1. The number of sulfone groups is 1. The Labute approximate surface area is 186 Å². The lowest BCUT2D eigenvalue weighted by molar-refractivity contribution is 0.0826. The number of aromatic amines is 1. The van der Waals surface area contributed by atoms with Crippen LogP contribution in [0, 0.1) is 19.8 Å². The monoisotopic (exact) mass is 457 g/mol. The molecule has 3 aromatic rings. The number of carbonyl (C=O) groups is 1. The maximum Gasteiger partial charge on any atom is 0.261 e. The molecule has 1 amide bonds. The highest BCUT2D eigenvalue weighted by atomic mass is 32.2. The molecule has 170 valence electrons. The topological polar surface area (TPSA) is 113 Å². The van der Waals surface area contributed by atoms with E-state index in [1.165, 1.54) is 11.0 Å². The van der Waals surface area contributed by atoms with Crippen molar-refractivity contribution in [1.82, 2.24) is 15.0 Å². The van der Waals surface area contributed by atoms with Gasteiger partial charge in [0.05, 0.1) is 21.9 Å². The van der Waals surface area contributed by atoms with Gasteiger partial charge < -0.3 is 14.4 Å². The Bertz CT molecular complexity index is 1340. The second-order valence-electron chi connectivity index (χ2n) is 8.78. The molecular formula is C23H27N3O5S. The zero-order chi connectivity index (χ0) is 23.2. The maximum absolute atomic E-state index is 13.6. The van der Waals surface area contributed by atoms with Crippen LogP contribution in [0.5, 0.6) is 0 Å². The van der Waals surface area contributed by atoms with Gasteiger partial charge >= 0.3 is 0 Å². The van der Waals surface area contributed by atoms with Gasteiger partial charge in [0.15, 0.2) is 9.84 Å². The number of nitrogens with zero attached hydrogens (tertiary/aromatic N) is 2. The first-order valence-electron chi connectivity index (χ1n) is 10.7. The summed E-state index contributed by atoms with van der Waals surface area (Å²) < 4.78 is 32.4. The number of nitrogens with one attached hydrogen (secondary N) is 1. The van der Waals surface area contributed by atoms with Crippen LogP contribution in [0.2, 0.25) is 0 Å². The smallest absolute Gasteiger partial charge is 0.261 e. The Kier molecular flexibility index (Phi) is 5.70. The molecule has 1 N–H and O–H groups in total. The first-order valence-corrected chi connectivity index (χ1v) is 12.3. The molecule has 1 saturated carbocycles. The molecule has 9 heteroatoms. The van der Waals surface area contributed by atoms with Crippen LogP contribution in [-0.4, -0.2) is 49.2 Å². The summed E-state index contributed by atoms with van der Waals surface area (Å²) in [4.78, 5) is 29.3. The molecule has 2 heterocycles. The van der Waals surface area contributed by atoms with Crippen LogP contribution in [0.3, 0.4) is 0 Å². The number of benzene rings is 1. The van der Waals surface area contributed by atoms with Gasteiger partial charge in [0, 0.05) is 25.0 Å². The summed E-state index contributed by atoms with van der Waals surface area (Å²) in [6.07, 6.45) is 3.85. The van der Waals surface area contributed by atoms with Crippen LogP contribution in [0.15, 0.2) is 32.4 Å². The highest BCUT2D eigenvalue weighted by Crippen LogP contribution is 2.35. The van der Waals surface area contributed by atoms with Gasteiger partial charge in [-0.2, -0.15) is 0 Å². The fourth-order valence-corrected chi connectivity index (χ4v) is 6.50. The second kappa shape index (κ2) is 8.20. The van der Waals surface area contributed by atoms with Crippen molar-refractivity contribution in [2.75, 3.05) is 19.8 Å². The molecule has 0 unspecified atom stereocenters. The van der Waals surface area contributed by atoms with E-state index in [4.69, 9.17) is 4.52 Å². The average Bonchev–Trinajstić information content (AvgIpc) is 3.34. The van der Waals surface area contributed by atoms with Gasteiger partial charge in [0.25, 0.3) is 11.5 Å². The van der Waals surface area contributed by atoms with Crippen molar-refractivity contribution in [2.45, 2.75) is 44.4 Å². The standard InChI is InChI=1S/C23H27N3O5S/c1-13-21(14(2)31-25-13)16-9-19-17(11-18(22(27)24-19)23(28)26(3)4)20(10-16)32(29,30)12-15-7-5-6-8-15/h9-11,15H,5-8,12H2,1-4H3,(H,24,27). The number of hydrogen-bond donors (Lipinski definition) is 1. The number of hydrogen-bond acceptors (Lipinski definition) is 6. The lowest BCUT2D eigenvalue weighted by atomic mass is 10.0. The van der Waals surface area contributed by atoms with E-state index < -0.39 is 21.3 Å². The molecule has 1 aliphatic carbocycles. The predicted octanol–water partition coefficient (Wildman–Crippen LogP) is 3.47. The van der Waals surface area contributed by atoms with Gasteiger partial charge in [-0.3, -0.25) is 9.59 Å². The van der Waals surface area contributed by atoms with Crippen molar-refractivity contribution in [3.05, 3.63) is 45.6 Å². The second-order valence-corrected chi connectivity index (χ2v) is 10.8. The predicted molar refractivity (Wildman–Crippen MR) is 122 cm³/mol. The molecule has 2 aromatic heterocycles. The van der Waals surface area contributed by atoms with Crippen LogP contribution < -0.4 is 5.56 Å². The maximum atomic E-state index is 13.6. The average molecular weight is 458 g/mol. The molecule has 32 heavy (non-hydrogen) atoms. The van der Waals surface area contributed by atoms with Crippen LogP contribution in [-0.2, 0) is 9.84 Å². The van der Waals surface area contributed by atoms with Crippen molar-refractivity contribution in [3.8, 4) is 11.1 Å². The third-order valence-electron chi connectivity index (χ3n) is 6.15. The van der Waals surface area contributed by atoms with E-state index >= 15 is 0 Å². The van der Waals surface area contributed by atoms with Crippen LogP contribution in [0.1, 0.15) is 47.5 Å². The number of aromatic nitrogens is 2. The first kappa shape index (κ1) is 22.3. The van der Waals surface area contributed by atoms with Crippen LogP contribution in [0.4, 0.5) is 0 Å². The minimum atomic E-state index is -3.68. The van der Waals surface area contributed by atoms with E-state index in [-0.39, 0.29) is 22.1 Å². The van der Waals surface area contributed by atoms with Crippen molar-refractivity contribution < 1.29 is 17.7 Å². The molecule has 0 aliphatic heterocycles. The number of amides is 1. The molecule has 8 nitrogen and oxygen atoms in total. The molecule has 0 saturated heterocycles. The lowest BCUT2D eigenvalue weighted by Gasteiger charge is -2.15. The van der Waals surface area contributed by atoms with Crippen molar-refractivity contribution >= 4 is 26.6 Å². The minimum Gasteiger partial charge on any atom is -0.361 e. The number of aryl methyl sites for hydroxylation is 2. The highest BCUT2D eigenvalue weighted by Gasteiger charge is 2.28. The lowest BCUT2D eigenvalue weighted by Crippen LogP contribution is -2.28. The largest absolute Gasteiger partial charge is 0.361 e. The van der Waals surface area contributed by atoms with Gasteiger partial charge in [-0.15, -0.1) is 0 Å². The van der Waals surface area contributed by atoms with Crippen LogP contribution >= 0.6 is 0 Å². The van der Waals surface area contributed by atoms with Gasteiger partial charge in [-0.25, -0.2) is 8.42 Å². The summed E-state index contributed by atoms with van der Waals surface area (Å²) in [6.45, 7) is 3.54. The van der Waals surface area contributed by atoms with Gasteiger partial charge in [0.2, 0.25) is 0 Å². The van der Waals surface area contributed by atoms with Gasteiger partial charge in [-0.05, 0) is 56.4 Å². The normalized spacial score (nSPS) is 14.9. The Hall–Kier alpha value is -2.94. The highest BCUT2D eigenvalue weighted by molar-refractivity contribution is 7.91. The number of pyridine rings is 1. The SMILES string of the molecule is Cc1noc(C)c1-c1cc(S(=O)(=O)CC2CCCC2)c2cc(C(=O)N(C)C)c(=O)[nH]c2c1. The molecule has 1 fully saturated rings. The Morgan fingerprint density at radius 2 is 1.88 bits per heavy atom. The zero-order valence-electron chi connectivity index (χ0n) is 18.7. The molecule has 0 atom stereocenters. The van der Waals surface area contributed by atoms with E-state index in [0.29, 0.717) is 33.5 Å². The molecular weight excluding hydrogens is 430 g/mol. The quantitative estimate of drug-likeness (QED) is 0.628. The molecule has 0 radical (unpaired) electrons. The van der Waals surface area contributed by atoms with Crippen LogP contribution in [0.25, 0.3) is 22.0 Å². The van der Waals surface area contributed by atoms with E-state index in [0.717, 1.165) is 25.7 Å². The molecule has 1 aliphatic rings. The van der Waals surface area contributed by atoms with E-state index in [1.807, 2.05) is 0 Å². The van der Waals surface area contributed by atoms with Gasteiger partial charge in [-0.1, -0.05) is 18.0 Å². The molecule has 0 bridgehead atoms. The molecule has 0 spiro atoms. The van der Waals surface area contributed by atoms with E-state index in [9.17, 15) is 18.0 Å². The fraction of sp³-hybridized carbons (Fsp3) is 0.435. The number of carbonyl (C=O) groups excluding carboxylic acids is 1. The number of fused-ring (bicyclic) bond motifs is 1. The number of rotatable bonds is 5. The third kappa shape index (κ3) is 3.97. The van der Waals surface area contributed by atoms with Crippen molar-refractivity contribution in [3.63, 3.8) is 0 Å². The molecule has 1 aromatic carbocycles. The van der Waals surface area contributed by atoms with Gasteiger partial charge in [0.1, 0.15) is 11.3 Å². The summed E-state index contributed by atoms with van der Waals surface area (Å²) in [5, 5.41) is 4.31. The van der Waals surface area contributed by atoms with E-state index in [1.54, 1.807) is 40.1 Å². The Morgan fingerprint density at radius 1 is 1.19 bits per heavy atom. The summed E-state index contributed by atoms with van der Waals surface area (Å²) in [5.41, 5.74) is 1.62. The summed E-state index contributed by atoms with van der Waals surface area (Å²) in [6, 6.07) is 4.72. The Balaban J connectivity index is 1.99. The summed E-state index contributed by atoms with van der Waals surface area (Å²) in [7, 11) is -0.591. The van der Waals surface area contributed by atoms with Crippen molar-refractivity contribution in [1.29, 1.82) is 0 Å². The van der Waals surface area contributed by atoms with Crippen molar-refractivity contribution in [2.24, 2.45) is 5.92 Å². The zero-order valence-corrected chi connectivity index (χ0v) is 19.5. The minimum absolute atomic E-state index is 0.0449. The summed E-state index contributed by atoms with van der Waals surface area (Å²) >= 11 is 0. The third-order valence-corrected chi connectivity index (χ3v) is 8.07. The first-order chi connectivity index (χ1) is 15.1. The fourth-order valence-electron chi connectivity index (χ4n) is 4.55.